The van der Waals surface area contributed by atoms with Crippen LogP contribution in [0.5, 0.6) is 0 Å². The van der Waals surface area contributed by atoms with E-state index in [9.17, 15) is 4.79 Å². The van der Waals surface area contributed by atoms with Gasteiger partial charge in [-0.1, -0.05) is 20.8 Å². The molecule has 1 saturated heterocycles. The van der Waals surface area contributed by atoms with Gasteiger partial charge in [0.15, 0.2) is 0 Å². The summed E-state index contributed by atoms with van der Waals surface area (Å²) in [6.45, 7) is 10.3. The second kappa shape index (κ2) is 5.50. The van der Waals surface area contributed by atoms with Crippen LogP contribution >= 0.6 is 0 Å². The topological polar surface area (TPSA) is 32.3 Å². The van der Waals surface area contributed by atoms with E-state index >= 15 is 0 Å². The fourth-order valence-electron chi connectivity index (χ4n) is 1.78. The predicted molar refractivity (Wildman–Crippen MR) is 62.8 cm³/mol. The highest BCUT2D eigenvalue weighted by Crippen LogP contribution is 2.11. The van der Waals surface area contributed by atoms with Crippen LogP contribution in [0.4, 0.5) is 0 Å². The molecule has 0 unspecified atom stereocenters. The monoisotopic (exact) mass is 212 g/mol. The first kappa shape index (κ1) is 12.5. The quantitative estimate of drug-likeness (QED) is 0.718. The molecule has 1 aliphatic heterocycles. The highest BCUT2D eigenvalue weighted by atomic mass is 16.2. The molecule has 0 spiro atoms. The minimum absolute atomic E-state index is 0.302. The summed E-state index contributed by atoms with van der Waals surface area (Å²) in [6.07, 6.45) is 3.01. The first-order valence-electron chi connectivity index (χ1n) is 5.97. The third kappa shape index (κ3) is 5.17. The molecule has 0 bridgehead atoms. The molecule has 0 saturated carbocycles. The lowest BCUT2D eigenvalue weighted by molar-refractivity contribution is -0.130. The lowest BCUT2D eigenvalue weighted by atomic mass is 9.97. The smallest absolute Gasteiger partial charge is 0.223 e. The van der Waals surface area contributed by atoms with E-state index in [1.54, 1.807) is 0 Å². The molecular formula is C12H24N2O. The lowest BCUT2D eigenvalue weighted by Gasteiger charge is -2.19. The summed E-state index contributed by atoms with van der Waals surface area (Å²) in [5.41, 5.74) is 0.302. The zero-order valence-corrected chi connectivity index (χ0v) is 10.3. The zero-order valence-electron chi connectivity index (χ0n) is 10.3. The van der Waals surface area contributed by atoms with Crippen LogP contribution in [-0.2, 0) is 4.79 Å². The maximum atomic E-state index is 11.7. The summed E-state index contributed by atoms with van der Waals surface area (Å²) in [7, 11) is 0. The molecule has 1 N–H and O–H groups in total. The Morgan fingerprint density at radius 3 is 2.40 bits per heavy atom. The molecule has 0 aromatic carbocycles. The van der Waals surface area contributed by atoms with Crippen molar-refractivity contribution in [3.05, 3.63) is 0 Å². The Labute approximate surface area is 93.2 Å². The van der Waals surface area contributed by atoms with Gasteiger partial charge in [-0.05, 0) is 18.3 Å². The van der Waals surface area contributed by atoms with Gasteiger partial charge in [-0.25, -0.2) is 0 Å². The molecule has 0 aromatic heterocycles. The van der Waals surface area contributed by atoms with Crippen LogP contribution in [0.2, 0.25) is 0 Å². The second-order valence-electron chi connectivity index (χ2n) is 5.58. The van der Waals surface area contributed by atoms with Crippen LogP contribution in [0, 0.1) is 5.41 Å². The number of likely N-dealkylation sites (tertiary alicyclic amines) is 1. The fraction of sp³-hybridized carbons (Fsp3) is 0.917. The largest absolute Gasteiger partial charge is 0.343 e. The van der Waals surface area contributed by atoms with Crippen LogP contribution in [0.25, 0.3) is 0 Å². The molecule has 0 atom stereocenters. The van der Waals surface area contributed by atoms with E-state index in [0.29, 0.717) is 17.7 Å². The normalized spacial score (nSPS) is 17.1. The first-order chi connectivity index (χ1) is 6.99. The van der Waals surface area contributed by atoms with Crippen LogP contribution < -0.4 is 5.32 Å². The van der Waals surface area contributed by atoms with Gasteiger partial charge in [-0.15, -0.1) is 0 Å². The molecule has 1 amide bonds. The molecule has 1 fully saturated rings. The Hall–Kier alpha value is -0.570. The Morgan fingerprint density at radius 1 is 1.27 bits per heavy atom. The first-order valence-corrected chi connectivity index (χ1v) is 5.97. The highest BCUT2D eigenvalue weighted by molar-refractivity contribution is 5.76. The predicted octanol–water partition coefficient (Wildman–Crippen LogP) is 1.63. The molecule has 88 valence electrons. The van der Waals surface area contributed by atoms with E-state index < -0.39 is 0 Å². The lowest BCUT2D eigenvalue weighted by Crippen LogP contribution is -2.33. The van der Waals surface area contributed by atoms with Gasteiger partial charge in [0.2, 0.25) is 5.91 Å². The Balaban J connectivity index is 2.07. The van der Waals surface area contributed by atoms with Crippen LogP contribution in [0.1, 0.15) is 40.0 Å². The average Bonchev–Trinajstić information content (AvgIpc) is 2.63. The van der Waals surface area contributed by atoms with E-state index in [1.165, 1.54) is 12.8 Å². The molecular weight excluding hydrogens is 188 g/mol. The van der Waals surface area contributed by atoms with Crippen molar-refractivity contribution in [3.63, 3.8) is 0 Å². The van der Waals surface area contributed by atoms with E-state index in [0.717, 1.165) is 26.2 Å². The van der Waals surface area contributed by atoms with Gasteiger partial charge < -0.3 is 10.2 Å². The van der Waals surface area contributed by atoms with E-state index in [-0.39, 0.29) is 0 Å². The summed E-state index contributed by atoms with van der Waals surface area (Å²) < 4.78 is 0. The second-order valence-corrected chi connectivity index (χ2v) is 5.58. The maximum Gasteiger partial charge on any atom is 0.223 e. The van der Waals surface area contributed by atoms with Gasteiger partial charge in [-0.3, -0.25) is 4.79 Å². The molecule has 0 aromatic rings. The number of nitrogens with one attached hydrogen (secondary N) is 1. The summed E-state index contributed by atoms with van der Waals surface area (Å²) in [5, 5.41) is 3.33. The molecule has 1 aliphatic rings. The number of carbonyl (C=O) groups excluding carboxylic acids is 1. The van der Waals surface area contributed by atoms with Crippen LogP contribution in [0.3, 0.4) is 0 Å². The fourth-order valence-corrected chi connectivity index (χ4v) is 1.78. The number of rotatable bonds is 4. The number of amides is 1. The molecule has 0 aliphatic carbocycles. The minimum atomic E-state index is 0.302. The van der Waals surface area contributed by atoms with Crippen molar-refractivity contribution in [2.24, 2.45) is 5.41 Å². The van der Waals surface area contributed by atoms with Gasteiger partial charge in [-0.2, -0.15) is 0 Å². The SMILES string of the molecule is CC(C)(C)CNCCC(=O)N1CCCC1. The van der Waals surface area contributed by atoms with Gasteiger partial charge in [0.05, 0.1) is 0 Å². The molecule has 0 radical (unpaired) electrons. The van der Waals surface area contributed by atoms with Crippen molar-refractivity contribution in [3.8, 4) is 0 Å². The summed E-state index contributed by atoms with van der Waals surface area (Å²) in [6, 6.07) is 0. The number of carbonyl (C=O) groups is 1. The van der Waals surface area contributed by atoms with Gasteiger partial charge >= 0.3 is 0 Å². The Morgan fingerprint density at radius 2 is 1.87 bits per heavy atom. The Kier molecular flexibility index (Phi) is 4.58. The number of nitrogens with zero attached hydrogens (tertiary/aromatic N) is 1. The van der Waals surface area contributed by atoms with Crippen molar-refractivity contribution in [2.75, 3.05) is 26.2 Å². The van der Waals surface area contributed by atoms with Crippen LogP contribution in [0.15, 0.2) is 0 Å². The van der Waals surface area contributed by atoms with Crippen molar-refractivity contribution < 1.29 is 4.79 Å². The highest BCUT2D eigenvalue weighted by Gasteiger charge is 2.17. The number of hydrogen-bond donors (Lipinski definition) is 1. The van der Waals surface area contributed by atoms with E-state index in [4.69, 9.17) is 0 Å². The average molecular weight is 212 g/mol. The zero-order chi connectivity index (χ0) is 11.3. The summed E-state index contributed by atoms with van der Waals surface area (Å²) in [4.78, 5) is 13.6. The maximum absolute atomic E-state index is 11.7. The van der Waals surface area contributed by atoms with Crippen molar-refractivity contribution in [2.45, 2.75) is 40.0 Å². The van der Waals surface area contributed by atoms with Gasteiger partial charge in [0.1, 0.15) is 0 Å². The minimum Gasteiger partial charge on any atom is -0.343 e. The van der Waals surface area contributed by atoms with E-state index in [2.05, 4.69) is 26.1 Å². The molecule has 3 nitrogen and oxygen atoms in total. The van der Waals surface area contributed by atoms with Crippen molar-refractivity contribution >= 4 is 5.91 Å². The van der Waals surface area contributed by atoms with Gasteiger partial charge in [0.25, 0.3) is 0 Å². The van der Waals surface area contributed by atoms with Gasteiger partial charge in [0, 0.05) is 32.6 Å². The third-order valence-electron chi connectivity index (χ3n) is 2.63. The Bertz CT molecular complexity index is 202. The standard InChI is InChI=1S/C12H24N2O/c1-12(2,3)10-13-7-6-11(15)14-8-4-5-9-14/h13H,4-10H2,1-3H3. The molecule has 1 heterocycles. The molecule has 1 rings (SSSR count). The third-order valence-corrected chi connectivity index (χ3v) is 2.63. The summed E-state index contributed by atoms with van der Waals surface area (Å²) in [5.74, 6) is 0.314. The van der Waals surface area contributed by atoms with Crippen molar-refractivity contribution in [1.29, 1.82) is 0 Å². The molecule has 3 heteroatoms. The summed E-state index contributed by atoms with van der Waals surface area (Å²) >= 11 is 0. The van der Waals surface area contributed by atoms with Crippen LogP contribution in [-0.4, -0.2) is 37.0 Å². The van der Waals surface area contributed by atoms with Crippen molar-refractivity contribution in [1.82, 2.24) is 10.2 Å². The van der Waals surface area contributed by atoms with E-state index in [1.807, 2.05) is 4.90 Å². The molecule has 15 heavy (non-hydrogen) atoms. The number of hydrogen-bond acceptors (Lipinski definition) is 2.